The Balaban J connectivity index is 1.85. The molecule has 1 fully saturated rings. The molecule has 6 heteroatoms. The second-order valence-electron chi connectivity index (χ2n) is 5.65. The lowest BCUT2D eigenvalue weighted by Crippen LogP contribution is -2.26. The van der Waals surface area contributed by atoms with Crippen LogP contribution in [-0.2, 0) is 6.54 Å². The van der Waals surface area contributed by atoms with E-state index in [-0.39, 0.29) is 17.7 Å². The van der Waals surface area contributed by atoms with E-state index in [9.17, 15) is 4.39 Å². The Labute approximate surface area is 128 Å². The Morgan fingerprint density at radius 3 is 3.00 bits per heavy atom. The van der Waals surface area contributed by atoms with Crippen molar-refractivity contribution in [1.29, 1.82) is 0 Å². The third-order valence-electron chi connectivity index (χ3n) is 3.98. The molecule has 2 aromatic rings. The third kappa shape index (κ3) is 2.98. The maximum Gasteiger partial charge on any atom is 0.229 e. The van der Waals surface area contributed by atoms with E-state index in [4.69, 9.17) is 14.9 Å². The van der Waals surface area contributed by atoms with Crippen LogP contribution in [0.2, 0.25) is 0 Å². The predicted octanol–water partition coefficient (Wildman–Crippen LogP) is 2.33. The highest BCUT2D eigenvalue weighted by Gasteiger charge is 2.22. The van der Waals surface area contributed by atoms with E-state index in [0.29, 0.717) is 23.6 Å². The van der Waals surface area contributed by atoms with Gasteiger partial charge in [-0.1, -0.05) is 0 Å². The second-order valence-corrected chi connectivity index (χ2v) is 5.65. The van der Waals surface area contributed by atoms with E-state index in [1.165, 1.54) is 6.07 Å². The number of methoxy groups -OCH3 is 1. The van der Waals surface area contributed by atoms with Crippen molar-refractivity contribution in [3.8, 4) is 17.2 Å². The number of nitrogens with zero attached hydrogens (tertiary/aromatic N) is 2. The van der Waals surface area contributed by atoms with Gasteiger partial charge in [-0.3, -0.25) is 4.90 Å². The molecule has 1 aliphatic heterocycles. The summed E-state index contributed by atoms with van der Waals surface area (Å²) in [4.78, 5) is 6.70. The molecule has 1 atom stereocenters. The molecule has 5 nitrogen and oxygen atoms in total. The van der Waals surface area contributed by atoms with Crippen molar-refractivity contribution >= 4 is 0 Å². The van der Waals surface area contributed by atoms with Gasteiger partial charge in [0.1, 0.15) is 17.3 Å². The second kappa shape index (κ2) is 6.06. The number of aromatic nitrogens is 1. The Bertz CT molecular complexity index is 671. The normalized spacial score (nSPS) is 18.8. The quantitative estimate of drug-likeness (QED) is 0.939. The summed E-state index contributed by atoms with van der Waals surface area (Å²) in [5.74, 6) is 1.18. The van der Waals surface area contributed by atoms with Crippen LogP contribution in [0.4, 0.5) is 4.39 Å². The van der Waals surface area contributed by atoms with Gasteiger partial charge in [-0.15, -0.1) is 0 Å². The zero-order valence-corrected chi connectivity index (χ0v) is 12.8. The van der Waals surface area contributed by atoms with Gasteiger partial charge in [0, 0.05) is 25.7 Å². The molecule has 0 unspecified atom stereocenters. The van der Waals surface area contributed by atoms with E-state index in [0.717, 1.165) is 25.2 Å². The van der Waals surface area contributed by atoms with Gasteiger partial charge in [0.2, 0.25) is 5.89 Å². The summed E-state index contributed by atoms with van der Waals surface area (Å²) < 4.78 is 24.8. The smallest absolute Gasteiger partial charge is 0.229 e. The van der Waals surface area contributed by atoms with Crippen molar-refractivity contribution in [2.75, 3.05) is 20.2 Å². The first-order valence-corrected chi connectivity index (χ1v) is 7.35. The number of oxazole rings is 1. The molecule has 1 aromatic heterocycles. The molecule has 2 N–H and O–H groups in total. The van der Waals surface area contributed by atoms with Gasteiger partial charge < -0.3 is 14.9 Å². The first-order valence-electron chi connectivity index (χ1n) is 7.35. The summed E-state index contributed by atoms with van der Waals surface area (Å²) in [5, 5.41) is 0. The summed E-state index contributed by atoms with van der Waals surface area (Å²) in [6.07, 6.45) is 0.994. The van der Waals surface area contributed by atoms with Crippen LogP contribution in [0.1, 0.15) is 17.9 Å². The van der Waals surface area contributed by atoms with Crippen LogP contribution in [0.25, 0.3) is 11.5 Å². The summed E-state index contributed by atoms with van der Waals surface area (Å²) >= 11 is 0. The molecular weight excluding hydrogens is 285 g/mol. The van der Waals surface area contributed by atoms with Crippen LogP contribution in [0.15, 0.2) is 22.6 Å². The van der Waals surface area contributed by atoms with Crippen molar-refractivity contribution < 1.29 is 13.5 Å². The van der Waals surface area contributed by atoms with Gasteiger partial charge in [-0.2, -0.15) is 0 Å². The first kappa shape index (κ1) is 15.0. The highest BCUT2D eigenvalue weighted by molar-refractivity contribution is 5.57. The fourth-order valence-corrected chi connectivity index (χ4v) is 2.70. The van der Waals surface area contributed by atoms with Gasteiger partial charge in [0.05, 0.1) is 18.4 Å². The van der Waals surface area contributed by atoms with Gasteiger partial charge in [0.15, 0.2) is 0 Å². The lowest BCUT2D eigenvalue weighted by molar-refractivity contribution is 0.321. The molecule has 118 valence electrons. The maximum atomic E-state index is 14.0. The van der Waals surface area contributed by atoms with Gasteiger partial charge in [-0.25, -0.2) is 9.37 Å². The average Bonchev–Trinajstić information content (AvgIpc) is 3.06. The van der Waals surface area contributed by atoms with Gasteiger partial charge >= 0.3 is 0 Å². The molecule has 1 aromatic carbocycles. The van der Waals surface area contributed by atoms with E-state index >= 15 is 0 Å². The number of likely N-dealkylation sites (tertiary alicyclic amines) is 1. The molecule has 1 saturated heterocycles. The molecule has 0 saturated carbocycles. The summed E-state index contributed by atoms with van der Waals surface area (Å²) in [6.45, 7) is 4.33. The van der Waals surface area contributed by atoms with Crippen LogP contribution >= 0.6 is 0 Å². The Hall–Kier alpha value is -1.92. The van der Waals surface area contributed by atoms with E-state index in [1.54, 1.807) is 19.2 Å². The Morgan fingerprint density at radius 2 is 2.32 bits per heavy atom. The highest BCUT2D eigenvalue weighted by atomic mass is 19.1. The van der Waals surface area contributed by atoms with Crippen molar-refractivity contribution in [2.24, 2.45) is 5.73 Å². The lowest BCUT2D eigenvalue weighted by atomic mass is 10.2. The molecule has 0 aliphatic carbocycles. The highest BCUT2D eigenvalue weighted by Crippen LogP contribution is 2.28. The topological polar surface area (TPSA) is 64.5 Å². The van der Waals surface area contributed by atoms with Crippen molar-refractivity contribution in [2.45, 2.75) is 25.9 Å². The summed E-state index contributed by atoms with van der Waals surface area (Å²) in [7, 11) is 1.54. The number of nitrogens with two attached hydrogens (primary N) is 1. The van der Waals surface area contributed by atoms with Crippen LogP contribution in [0.3, 0.4) is 0 Å². The molecule has 2 heterocycles. The fraction of sp³-hybridized carbons (Fsp3) is 0.438. The molecule has 22 heavy (non-hydrogen) atoms. The van der Waals surface area contributed by atoms with Crippen LogP contribution < -0.4 is 10.5 Å². The number of benzene rings is 1. The third-order valence-corrected chi connectivity index (χ3v) is 3.98. The summed E-state index contributed by atoms with van der Waals surface area (Å²) in [5.41, 5.74) is 7.05. The van der Waals surface area contributed by atoms with E-state index in [2.05, 4.69) is 9.88 Å². The van der Waals surface area contributed by atoms with Crippen LogP contribution in [-0.4, -0.2) is 36.1 Å². The lowest BCUT2D eigenvalue weighted by Gasteiger charge is -2.12. The molecule has 0 bridgehead atoms. The number of ether oxygens (including phenoxy) is 1. The summed E-state index contributed by atoms with van der Waals surface area (Å²) in [6, 6.07) is 4.74. The zero-order valence-electron chi connectivity index (χ0n) is 12.8. The number of halogens is 1. The first-order chi connectivity index (χ1) is 10.6. The number of aryl methyl sites for hydroxylation is 1. The molecule has 0 spiro atoms. The molecular formula is C16H20FN3O2. The van der Waals surface area contributed by atoms with E-state index < -0.39 is 0 Å². The standard InChI is InChI=1S/C16H20FN3O2/c1-10-15(9-20-6-5-11(18)8-20)19-16(22-10)13-7-12(21-2)3-4-14(13)17/h3-4,7,11H,5-6,8-9,18H2,1-2H3/t11-/m0/s1. The number of hydrogen-bond acceptors (Lipinski definition) is 5. The average molecular weight is 305 g/mol. The maximum absolute atomic E-state index is 14.0. The van der Waals surface area contributed by atoms with Crippen molar-refractivity contribution in [3.05, 3.63) is 35.5 Å². The van der Waals surface area contributed by atoms with Crippen molar-refractivity contribution in [3.63, 3.8) is 0 Å². The van der Waals surface area contributed by atoms with E-state index in [1.807, 2.05) is 6.92 Å². The SMILES string of the molecule is COc1ccc(F)c(-c2nc(CN3CC[C@H](N)C3)c(C)o2)c1. The minimum absolute atomic E-state index is 0.225. The minimum Gasteiger partial charge on any atom is -0.497 e. The van der Waals surface area contributed by atoms with Gasteiger partial charge in [0.25, 0.3) is 0 Å². The van der Waals surface area contributed by atoms with Crippen LogP contribution in [0.5, 0.6) is 5.75 Å². The van der Waals surface area contributed by atoms with Crippen molar-refractivity contribution in [1.82, 2.24) is 9.88 Å². The predicted molar refractivity (Wildman–Crippen MR) is 81.1 cm³/mol. The minimum atomic E-state index is -0.378. The molecule has 3 rings (SSSR count). The van der Waals surface area contributed by atoms with Gasteiger partial charge in [-0.05, 0) is 31.5 Å². The monoisotopic (exact) mass is 305 g/mol. The number of hydrogen-bond donors (Lipinski definition) is 1. The fourth-order valence-electron chi connectivity index (χ4n) is 2.70. The largest absolute Gasteiger partial charge is 0.497 e. The number of rotatable bonds is 4. The Morgan fingerprint density at radius 1 is 1.50 bits per heavy atom. The zero-order chi connectivity index (χ0) is 15.7. The Kier molecular flexibility index (Phi) is 4.13. The molecule has 0 radical (unpaired) electrons. The molecule has 0 amide bonds. The molecule has 1 aliphatic rings. The van der Waals surface area contributed by atoms with Crippen LogP contribution in [0, 0.1) is 12.7 Å².